The lowest BCUT2D eigenvalue weighted by Crippen LogP contribution is -2.27. The van der Waals surface area contributed by atoms with E-state index in [1.54, 1.807) is 0 Å². The van der Waals surface area contributed by atoms with Gasteiger partial charge in [0, 0.05) is 12.7 Å². The van der Waals surface area contributed by atoms with Crippen LogP contribution < -0.4 is 5.32 Å². The maximum absolute atomic E-state index is 12.5. The first-order valence-electron chi connectivity index (χ1n) is 5.65. The average molecular weight is 222 g/mol. The lowest BCUT2D eigenvalue weighted by atomic mass is 9.83. The van der Waals surface area contributed by atoms with Gasteiger partial charge in [-0.05, 0) is 24.5 Å². The van der Waals surface area contributed by atoms with Gasteiger partial charge in [-0.2, -0.15) is 4.39 Å². The molecule has 1 aliphatic carbocycles. The van der Waals surface area contributed by atoms with Crippen molar-refractivity contribution < 1.29 is 9.18 Å². The first-order valence-corrected chi connectivity index (χ1v) is 5.65. The topological polar surface area (TPSA) is 42.0 Å². The number of hydrogen-bond acceptors (Lipinski definition) is 2. The number of pyridine rings is 1. The van der Waals surface area contributed by atoms with Crippen LogP contribution in [0.2, 0.25) is 0 Å². The normalized spacial score (nSPS) is 15.6. The molecule has 1 saturated carbocycles. The summed E-state index contributed by atoms with van der Waals surface area (Å²) >= 11 is 0. The van der Waals surface area contributed by atoms with Gasteiger partial charge in [-0.1, -0.05) is 19.3 Å². The Bertz CT molecular complexity index is 360. The third kappa shape index (κ3) is 2.78. The highest BCUT2D eigenvalue weighted by Gasteiger charge is 2.17. The molecule has 2 rings (SSSR count). The summed E-state index contributed by atoms with van der Waals surface area (Å²) in [6.45, 7) is 0.695. The van der Waals surface area contributed by atoms with Gasteiger partial charge in [0.15, 0.2) is 0 Å². The summed E-state index contributed by atoms with van der Waals surface area (Å²) in [5.74, 6) is 0.0458. The summed E-state index contributed by atoms with van der Waals surface area (Å²) in [6.07, 6.45) is 6.19. The summed E-state index contributed by atoms with van der Waals surface area (Å²) < 4.78 is 12.5. The third-order valence-electron chi connectivity index (χ3n) is 3.05. The number of nitrogens with one attached hydrogen (secondary N) is 1. The fraction of sp³-hybridized carbons (Fsp3) is 0.500. The summed E-state index contributed by atoms with van der Waals surface area (Å²) in [7, 11) is 0. The molecule has 0 radical (unpaired) electrons. The van der Waals surface area contributed by atoms with Crippen LogP contribution in [0.1, 0.15) is 36.0 Å². The van der Waals surface area contributed by atoms with Crippen LogP contribution >= 0.6 is 0 Å². The van der Waals surface area contributed by atoms with Crippen molar-refractivity contribution in [1.29, 1.82) is 0 Å². The predicted molar refractivity (Wildman–Crippen MR) is 58.5 cm³/mol. The van der Waals surface area contributed by atoms with Crippen LogP contribution in [0.15, 0.2) is 18.3 Å². The van der Waals surface area contributed by atoms with Crippen LogP contribution in [0.4, 0.5) is 4.39 Å². The molecule has 0 aromatic carbocycles. The maximum atomic E-state index is 12.5. The minimum atomic E-state index is -0.564. The van der Waals surface area contributed by atoms with Crippen LogP contribution in [-0.2, 0) is 0 Å². The number of amides is 1. The molecule has 0 atom stereocenters. The Labute approximate surface area is 94.1 Å². The van der Waals surface area contributed by atoms with Gasteiger partial charge < -0.3 is 5.32 Å². The smallest absolute Gasteiger partial charge is 0.252 e. The zero-order valence-corrected chi connectivity index (χ0v) is 9.08. The van der Waals surface area contributed by atoms with E-state index in [0.29, 0.717) is 12.1 Å². The number of nitrogens with zero attached hydrogens (tertiary/aromatic N) is 1. The van der Waals surface area contributed by atoms with Crippen LogP contribution in [0.25, 0.3) is 0 Å². The molecule has 16 heavy (non-hydrogen) atoms. The fourth-order valence-electron chi connectivity index (χ4n) is 1.78. The molecule has 86 valence electrons. The lowest BCUT2D eigenvalue weighted by molar-refractivity contribution is 0.0948. The molecule has 1 aromatic rings. The molecule has 1 aromatic heterocycles. The van der Waals surface area contributed by atoms with E-state index in [9.17, 15) is 9.18 Å². The van der Waals surface area contributed by atoms with Crippen molar-refractivity contribution in [3.8, 4) is 0 Å². The van der Waals surface area contributed by atoms with Crippen LogP contribution in [-0.4, -0.2) is 17.4 Å². The second-order valence-electron chi connectivity index (χ2n) is 4.21. The van der Waals surface area contributed by atoms with Crippen molar-refractivity contribution in [3.63, 3.8) is 0 Å². The van der Waals surface area contributed by atoms with Gasteiger partial charge in [-0.3, -0.25) is 4.79 Å². The predicted octanol–water partition coefficient (Wildman–Crippen LogP) is 2.14. The maximum Gasteiger partial charge on any atom is 0.252 e. The zero-order chi connectivity index (χ0) is 11.4. The number of halogens is 1. The van der Waals surface area contributed by atoms with E-state index in [-0.39, 0.29) is 5.91 Å². The minimum Gasteiger partial charge on any atom is -0.352 e. The molecular weight excluding hydrogens is 207 g/mol. The highest BCUT2D eigenvalue weighted by molar-refractivity contribution is 5.93. The van der Waals surface area contributed by atoms with Crippen LogP contribution in [0.5, 0.6) is 0 Å². The van der Waals surface area contributed by atoms with E-state index in [1.165, 1.54) is 37.6 Å². The standard InChI is InChI=1S/C12H15FN2O/c13-11-5-4-10(8-15-11)12(16)14-7-6-9-2-1-3-9/h4-5,8-9H,1-3,6-7H2,(H,14,16). The molecular formula is C12H15FN2O. The highest BCUT2D eigenvalue weighted by atomic mass is 19.1. The van der Waals surface area contributed by atoms with Crippen LogP contribution in [0, 0.1) is 11.9 Å². The number of rotatable bonds is 4. The van der Waals surface area contributed by atoms with E-state index >= 15 is 0 Å². The number of hydrogen-bond donors (Lipinski definition) is 1. The van der Waals surface area contributed by atoms with E-state index in [0.717, 1.165) is 12.3 Å². The van der Waals surface area contributed by atoms with Gasteiger partial charge in [0.1, 0.15) is 0 Å². The SMILES string of the molecule is O=C(NCCC1CCC1)c1ccc(F)nc1. The van der Waals surface area contributed by atoms with Crippen molar-refractivity contribution in [2.24, 2.45) is 5.92 Å². The van der Waals surface area contributed by atoms with Crippen molar-refractivity contribution in [2.75, 3.05) is 6.54 Å². The van der Waals surface area contributed by atoms with Gasteiger partial charge in [0.2, 0.25) is 5.95 Å². The van der Waals surface area contributed by atoms with Crippen LogP contribution in [0.3, 0.4) is 0 Å². The Morgan fingerprint density at radius 1 is 1.50 bits per heavy atom. The molecule has 0 unspecified atom stereocenters. The largest absolute Gasteiger partial charge is 0.352 e. The Morgan fingerprint density at radius 3 is 2.88 bits per heavy atom. The molecule has 1 aliphatic rings. The molecule has 0 saturated heterocycles. The summed E-state index contributed by atoms with van der Waals surface area (Å²) in [5.41, 5.74) is 0.412. The third-order valence-corrected chi connectivity index (χ3v) is 3.05. The molecule has 1 heterocycles. The number of aromatic nitrogens is 1. The monoisotopic (exact) mass is 222 g/mol. The highest BCUT2D eigenvalue weighted by Crippen LogP contribution is 2.28. The van der Waals surface area contributed by atoms with Crippen molar-refractivity contribution in [3.05, 3.63) is 29.8 Å². The number of carbonyl (C=O) groups is 1. The molecule has 0 bridgehead atoms. The quantitative estimate of drug-likeness (QED) is 0.793. The van der Waals surface area contributed by atoms with Crippen molar-refractivity contribution in [1.82, 2.24) is 10.3 Å². The van der Waals surface area contributed by atoms with E-state index in [4.69, 9.17) is 0 Å². The van der Waals surface area contributed by atoms with Gasteiger partial charge in [-0.15, -0.1) is 0 Å². The van der Waals surface area contributed by atoms with Gasteiger partial charge >= 0.3 is 0 Å². The first kappa shape index (κ1) is 11.0. The van der Waals surface area contributed by atoms with Gasteiger partial charge in [0.05, 0.1) is 5.56 Å². The molecule has 0 aliphatic heterocycles. The second-order valence-corrected chi connectivity index (χ2v) is 4.21. The Balaban J connectivity index is 1.76. The Hall–Kier alpha value is -1.45. The summed E-state index contributed by atoms with van der Waals surface area (Å²) in [4.78, 5) is 15.0. The van der Waals surface area contributed by atoms with Crippen molar-refractivity contribution in [2.45, 2.75) is 25.7 Å². The molecule has 3 nitrogen and oxygen atoms in total. The molecule has 4 heteroatoms. The van der Waals surface area contributed by atoms with E-state index in [1.807, 2.05) is 0 Å². The Kier molecular flexibility index (Phi) is 3.49. The second kappa shape index (κ2) is 5.05. The fourth-order valence-corrected chi connectivity index (χ4v) is 1.78. The molecule has 1 N–H and O–H groups in total. The first-order chi connectivity index (χ1) is 7.75. The number of carbonyl (C=O) groups excluding carboxylic acids is 1. The van der Waals surface area contributed by atoms with Crippen molar-refractivity contribution >= 4 is 5.91 Å². The lowest BCUT2D eigenvalue weighted by Gasteiger charge is -2.25. The van der Waals surface area contributed by atoms with E-state index in [2.05, 4.69) is 10.3 Å². The zero-order valence-electron chi connectivity index (χ0n) is 9.08. The molecule has 1 fully saturated rings. The molecule has 0 spiro atoms. The Morgan fingerprint density at radius 2 is 2.31 bits per heavy atom. The molecule has 1 amide bonds. The van der Waals surface area contributed by atoms with Gasteiger partial charge in [0.25, 0.3) is 5.91 Å². The van der Waals surface area contributed by atoms with E-state index < -0.39 is 5.95 Å². The summed E-state index contributed by atoms with van der Waals surface area (Å²) in [6, 6.07) is 2.64. The summed E-state index contributed by atoms with van der Waals surface area (Å²) in [5, 5.41) is 2.82. The minimum absolute atomic E-state index is 0.174. The van der Waals surface area contributed by atoms with Gasteiger partial charge in [-0.25, -0.2) is 4.98 Å². The average Bonchev–Trinajstić information content (AvgIpc) is 2.22.